The molecule has 1 aliphatic heterocycles. The highest BCUT2D eigenvalue weighted by atomic mass is 19.1. The summed E-state index contributed by atoms with van der Waals surface area (Å²) in [4.78, 5) is 0. The standard InChI is InChI=1S/C17H20F2N2/c1-4-5-14(15-8-13(18)9-21-11(15)3)12-6-16(19)10(2)17(20)7-12/h6-9,14,21H,3-5,20H2,1-2H3. The fourth-order valence-corrected chi connectivity index (χ4v) is 2.54. The summed E-state index contributed by atoms with van der Waals surface area (Å²) in [6.07, 6.45) is 4.36. The second kappa shape index (κ2) is 6.12. The summed E-state index contributed by atoms with van der Waals surface area (Å²) in [5, 5.41) is 2.81. The maximum absolute atomic E-state index is 14.0. The van der Waals surface area contributed by atoms with E-state index >= 15 is 0 Å². The molecule has 4 heteroatoms. The SMILES string of the molecule is C=C1NC=C(F)C=C1C(CCC)c1cc(N)c(C)c(F)c1. The zero-order chi connectivity index (χ0) is 15.6. The molecule has 0 radical (unpaired) electrons. The molecule has 1 heterocycles. The van der Waals surface area contributed by atoms with E-state index in [4.69, 9.17) is 5.73 Å². The molecule has 1 atom stereocenters. The molecule has 1 aromatic carbocycles. The van der Waals surface area contributed by atoms with Crippen LogP contribution in [0.5, 0.6) is 0 Å². The third-order valence-corrected chi connectivity index (χ3v) is 3.79. The van der Waals surface area contributed by atoms with Gasteiger partial charge in [-0.05, 0) is 42.7 Å². The van der Waals surface area contributed by atoms with Crippen LogP contribution in [0, 0.1) is 12.7 Å². The summed E-state index contributed by atoms with van der Waals surface area (Å²) < 4.78 is 27.5. The smallest absolute Gasteiger partial charge is 0.139 e. The second-order valence-electron chi connectivity index (χ2n) is 5.31. The zero-order valence-corrected chi connectivity index (χ0v) is 12.3. The van der Waals surface area contributed by atoms with E-state index in [1.807, 2.05) is 6.92 Å². The van der Waals surface area contributed by atoms with Gasteiger partial charge in [0, 0.05) is 29.1 Å². The molecule has 1 unspecified atom stereocenters. The minimum Gasteiger partial charge on any atom is -0.398 e. The summed E-state index contributed by atoms with van der Waals surface area (Å²) in [5.41, 5.74) is 8.84. The lowest BCUT2D eigenvalue weighted by Crippen LogP contribution is -2.17. The number of allylic oxidation sites excluding steroid dienone is 3. The number of dihydropyridines is 1. The molecule has 112 valence electrons. The van der Waals surface area contributed by atoms with Gasteiger partial charge in [0.1, 0.15) is 11.6 Å². The topological polar surface area (TPSA) is 38.0 Å². The fourth-order valence-electron chi connectivity index (χ4n) is 2.54. The van der Waals surface area contributed by atoms with Gasteiger partial charge in [0.15, 0.2) is 0 Å². The molecule has 2 rings (SSSR count). The molecule has 21 heavy (non-hydrogen) atoms. The van der Waals surface area contributed by atoms with Gasteiger partial charge in [-0.2, -0.15) is 0 Å². The lowest BCUT2D eigenvalue weighted by molar-refractivity contribution is 0.606. The third kappa shape index (κ3) is 3.15. The van der Waals surface area contributed by atoms with Gasteiger partial charge >= 0.3 is 0 Å². The molecule has 0 fully saturated rings. The van der Waals surface area contributed by atoms with Crippen LogP contribution in [0.3, 0.4) is 0 Å². The van der Waals surface area contributed by atoms with Crippen LogP contribution in [0.25, 0.3) is 0 Å². The number of anilines is 1. The minimum absolute atomic E-state index is 0.133. The van der Waals surface area contributed by atoms with E-state index in [0.29, 0.717) is 16.9 Å². The summed E-state index contributed by atoms with van der Waals surface area (Å²) in [6, 6.07) is 3.25. The number of benzene rings is 1. The van der Waals surface area contributed by atoms with E-state index in [2.05, 4.69) is 11.9 Å². The van der Waals surface area contributed by atoms with Gasteiger partial charge in [-0.15, -0.1) is 0 Å². The number of rotatable bonds is 4. The first-order valence-electron chi connectivity index (χ1n) is 7.02. The number of hydrogen-bond acceptors (Lipinski definition) is 2. The first-order valence-corrected chi connectivity index (χ1v) is 7.02. The van der Waals surface area contributed by atoms with Crippen LogP contribution in [-0.2, 0) is 0 Å². The van der Waals surface area contributed by atoms with Gasteiger partial charge in [0.05, 0.1) is 0 Å². The van der Waals surface area contributed by atoms with Crippen molar-refractivity contribution in [3.63, 3.8) is 0 Å². The van der Waals surface area contributed by atoms with Gasteiger partial charge in [0.25, 0.3) is 0 Å². The van der Waals surface area contributed by atoms with Crippen molar-refractivity contribution < 1.29 is 8.78 Å². The Bertz CT molecular complexity index is 607. The predicted octanol–water partition coefficient (Wildman–Crippen LogP) is 4.45. The van der Waals surface area contributed by atoms with Crippen LogP contribution >= 0.6 is 0 Å². The van der Waals surface area contributed by atoms with E-state index in [0.717, 1.165) is 24.0 Å². The summed E-state index contributed by atoms with van der Waals surface area (Å²) in [7, 11) is 0. The van der Waals surface area contributed by atoms with Crippen molar-refractivity contribution in [1.82, 2.24) is 5.32 Å². The molecule has 1 aliphatic rings. The van der Waals surface area contributed by atoms with Crippen molar-refractivity contribution >= 4 is 5.69 Å². The Morgan fingerprint density at radius 3 is 2.67 bits per heavy atom. The summed E-state index contributed by atoms with van der Waals surface area (Å²) in [6.45, 7) is 7.58. The molecular formula is C17H20F2N2. The van der Waals surface area contributed by atoms with Crippen LogP contribution in [-0.4, -0.2) is 0 Å². The minimum atomic E-state index is -0.362. The molecular weight excluding hydrogens is 270 g/mol. The van der Waals surface area contributed by atoms with Gasteiger partial charge in [-0.1, -0.05) is 19.9 Å². The highest BCUT2D eigenvalue weighted by Crippen LogP contribution is 2.36. The van der Waals surface area contributed by atoms with Crippen LogP contribution in [0.1, 0.15) is 36.8 Å². The molecule has 0 saturated carbocycles. The Labute approximate surface area is 124 Å². The van der Waals surface area contributed by atoms with Crippen LogP contribution < -0.4 is 11.1 Å². The van der Waals surface area contributed by atoms with E-state index in [9.17, 15) is 8.78 Å². The Morgan fingerprint density at radius 1 is 1.33 bits per heavy atom. The van der Waals surface area contributed by atoms with Crippen LogP contribution in [0.4, 0.5) is 14.5 Å². The first kappa shape index (κ1) is 15.3. The fraction of sp³-hybridized carbons (Fsp3) is 0.294. The molecule has 1 aromatic rings. The van der Waals surface area contributed by atoms with Crippen LogP contribution in [0.2, 0.25) is 0 Å². The summed E-state index contributed by atoms with van der Waals surface area (Å²) in [5.74, 6) is -0.831. The molecule has 0 spiro atoms. The van der Waals surface area contributed by atoms with E-state index in [-0.39, 0.29) is 17.6 Å². The van der Waals surface area contributed by atoms with Crippen molar-refractivity contribution in [2.75, 3.05) is 5.73 Å². The Hall–Kier alpha value is -2.10. The zero-order valence-electron chi connectivity index (χ0n) is 12.3. The van der Waals surface area contributed by atoms with Gasteiger partial charge in [-0.25, -0.2) is 8.78 Å². The maximum atomic E-state index is 14.0. The number of nitrogens with one attached hydrogen (secondary N) is 1. The lowest BCUT2D eigenvalue weighted by atomic mass is 9.84. The first-order chi connectivity index (χ1) is 9.93. The van der Waals surface area contributed by atoms with Gasteiger partial charge in [0.2, 0.25) is 0 Å². The monoisotopic (exact) mass is 290 g/mol. The Morgan fingerprint density at radius 2 is 2.05 bits per heavy atom. The highest BCUT2D eigenvalue weighted by molar-refractivity contribution is 5.53. The average Bonchev–Trinajstić information content (AvgIpc) is 2.44. The van der Waals surface area contributed by atoms with Crippen LogP contribution in [0.15, 0.2) is 48.1 Å². The second-order valence-corrected chi connectivity index (χ2v) is 5.31. The lowest BCUT2D eigenvalue weighted by Gasteiger charge is -2.25. The molecule has 0 saturated heterocycles. The maximum Gasteiger partial charge on any atom is 0.139 e. The van der Waals surface area contributed by atoms with Crippen molar-refractivity contribution in [3.05, 3.63) is 65.0 Å². The number of halogens is 2. The van der Waals surface area contributed by atoms with Crippen molar-refractivity contribution in [1.29, 1.82) is 0 Å². The molecule has 2 nitrogen and oxygen atoms in total. The summed E-state index contributed by atoms with van der Waals surface area (Å²) >= 11 is 0. The average molecular weight is 290 g/mol. The van der Waals surface area contributed by atoms with Crippen molar-refractivity contribution in [2.45, 2.75) is 32.6 Å². The van der Waals surface area contributed by atoms with Crippen molar-refractivity contribution in [3.8, 4) is 0 Å². The third-order valence-electron chi connectivity index (χ3n) is 3.79. The predicted molar refractivity (Wildman–Crippen MR) is 82.7 cm³/mol. The Kier molecular flexibility index (Phi) is 4.46. The molecule has 0 aromatic heterocycles. The molecule has 0 bridgehead atoms. The largest absolute Gasteiger partial charge is 0.398 e. The van der Waals surface area contributed by atoms with E-state index in [1.165, 1.54) is 18.3 Å². The number of nitrogens with two attached hydrogens (primary N) is 1. The Balaban J connectivity index is 2.49. The normalized spacial score (nSPS) is 16.1. The molecule has 0 amide bonds. The quantitative estimate of drug-likeness (QED) is 0.804. The molecule has 3 N–H and O–H groups in total. The number of hydrogen-bond donors (Lipinski definition) is 2. The molecule has 0 aliphatic carbocycles. The van der Waals surface area contributed by atoms with Gasteiger partial charge < -0.3 is 11.1 Å². The van der Waals surface area contributed by atoms with Crippen molar-refractivity contribution in [2.24, 2.45) is 0 Å². The van der Waals surface area contributed by atoms with E-state index in [1.54, 1.807) is 13.0 Å². The van der Waals surface area contributed by atoms with Gasteiger partial charge in [-0.3, -0.25) is 0 Å². The van der Waals surface area contributed by atoms with E-state index < -0.39 is 0 Å². The highest BCUT2D eigenvalue weighted by Gasteiger charge is 2.22. The number of nitrogen functional groups attached to an aromatic ring is 1.